The predicted octanol–water partition coefficient (Wildman–Crippen LogP) is 2.63. The number of aliphatic imine (C=N–C) groups is 1. The van der Waals surface area contributed by atoms with Crippen LogP contribution in [0, 0.1) is 11.6 Å². The lowest BCUT2D eigenvalue weighted by molar-refractivity contribution is -0.121. The molecule has 6 nitrogen and oxygen atoms in total. The molecule has 0 bridgehead atoms. The monoisotopic (exact) mass is 509 g/mol. The Morgan fingerprint density at radius 2 is 2.14 bits per heavy atom. The Morgan fingerprint density at radius 3 is 2.79 bits per heavy atom. The molecule has 28 heavy (non-hydrogen) atoms. The van der Waals surface area contributed by atoms with Gasteiger partial charge in [-0.25, -0.2) is 8.78 Å². The van der Waals surface area contributed by atoms with Gasteiger partial charge in [0.1, 0.15) is 11.6 Å². The van der Waals surface area contributed by atoms with Gasteiger partial charge in [0.25, 0.3) is 0 Å². The van der Waals surface area contributed by atoms with Gasteiger partial charge in [-0.2, -0.15) is 0 Å². The Balaban J connectivity index is 0.00000392. The van der Waals surface area contributed by atoms with Crippen LogP contribution in [0.3, 0.4) is 0 Å². The van der Waals surface area contributed by atoms with Crippen molar-refractivity contribution in [3.8, 4) is 0 Å². The summed E-state index contributed by atoms with van der Waals surface area (Å²) in [7, 11) is 1.67. The normalized spacial score (nSPS) is 17.7. The van der Waals surface area contributed by atoms with E-state index < -0.39 is 11.6 Å². The lowest BCUT2D eigenvalue weighted by atomic mass is 10.2. The Labute approximate surface area is 182 Å². The maximum Gasteiger partial charge on any atom is 0.221 e. The van der Waals surface area contributed by atoms with E-state index in [1.54, 1.807) is 7.05 Å². The Morgan fingerprint density at radius 1 is 1.39 bits per heavy atom. The molecule has 2 atom stereocenters. The molecular weight excluding hydrogens is 479 g/mol. The van der Waals surface area contributed by atoms with Crippen molar-refractivity contribution in [3.63, 3.8) is 0 Å². The van der Waals surface area contributed by atoms with Crippen LogP contribution < -0.4 is 20.9 Å². The summed E-state index contributed by atoms with van der Waals surface area (Å²) in [4.78, 5) is 17.9. The predicted molar refractivity (Wildman–Crippen MR) is 119 cm³/mol. The molecule has 0 aliphatic carbocycles. The number of hydrogen-bond acceptors (Lipinski definition) is 3. The third-order valence-electron chi connectivity index (χ3n) is 4.67. The minimum Gasteiger partial charge on any atom is -0.367 e. The zero-order chi connectivity index (χ0) is 19.8. The number of halogens is 3. The average Bonchev–Trinajstić information content (AvgIpc) is 3.08. The van der Waals surface area contributed by atoms with Gasteiger partial charge in [0.2, 0.25) is 5.91 Å². The first-order chi connectivity index (χ1) is 12.9. The summed E-state index contributed by atoms with van der Waals surface area (Å²) in [6.45, 7) is 5.75. The number of anilines is 1. The summed E-state index contributed by atoms with van der Waals surface area (Å²) in [6.07, 6.45) is 2.07. The second kappa shape index (κ2) is 12.0. The molecule has 1 aromatic carbocycles. The molecule has 0 radical (unpaired) electrons. The van der Waals surface area contributed by atoms with Gasteiger partial charge in [0, 0.05) is 51.3 Å². The van der Waals surface area contributed by atoms with Crippen LogP contribution in [-0.4, -0.2) is 50.6 Å². The molecule has 1 amide bonds. The van der Waals surface area contributed by atoms with Crippen molar-refractivity contribution in [2.24, 2.45) is 4.99 Å². The van der Waals surface area contributed by atoms with E-state index in [-0.39, 0.29) is 42.0 Å². The molecule has 1 aliphatic heterocycles. The molecule has 0 saturated carbocycles. The van der Waals surface area contributed by atoms with Crippen LogP contribution in [0.4, 0.5) is 14.5 Å². The highest BCUT2D eigenvalue weighted by molar-refractivity contribution is 14.0. The summed E-state index contributed by atoms with van der Waals surface area (Å²) in [5.74, 6) is -0.513. The molecule has 1 heterocycles. The molecule has 1 aromatic rings. The number of nitrogens with one attached hydrogen (secondary N) is 3. The summed E-state index contributed by atoms with van der Waals surface area (Å²) >= 11 is 0. The number of guanidine groups is 1. The van der Waals surface area contributed by atoms with Gasteiger partial charge in [-0.05, 0) is 31.9 Å². The second-order valence-corrected chi connectivity index (χ2v) is 6.80. The van der Waals surface area contributed by atoms with E-state index >= 15 is 0 Å². The van der Waals surface area contributed by atoms with Crippen molar-refractivity contribution in [1.82, 2.24) is 16.0 Å². The van der Waals surface area contributed by atoms with Crippen LogP contribution in [0.1, 0.15) is 33.1 Å². The zero-order valence-electron chi connectivity index (χ0n) is 16.6. The van der Waals surface area contributed by atoms with Gasteiger partial charge < -0.3 is 20.9 Å². The third kappa shape index (κ3) is 7.40. The van der Waals surface area contributed by atoms with E-state index in [0.717, 1.165) is 18.9 Å². The van der Waals surface area contributed by atoms with Gasteiger partial charge in [0.15, 0.2) is 5.96 Å². The van der Waals surface area contributed by atoms with E-state index in [0.29, 0.717) is 37.7 Å². The number of hydrogen-bond donors (Lipinski definition) is 3. The van der Waals surface area contributed by atoms with E-state index in [1.807, 2.05) is 18.7 Å². The minimum atomic E-state index is -0.577. The zero-order valence-corrected chi connectivity index (χ0v) is 18.9. The number of nitrogens with zero attached hydrogens (tertiary/aromatic N) is 2. The standard InChI is InChI=1S/C19H29F2N5O.HI/c1-4-13(2)24-18(27)7-9-23-19(22-3)25-15-8-10-26(12-15)17-6-5-14(20)11-16(17)21;/h5-6,11,13,15H,4,7-10,12H2,1-3H3,(H,24,27)(H2,22,23,25);1H. The first-order valence-corrected chi connectivity index (χ1v) is 9.39. The van der Waals surface area contributed by atoms with E-state index in [4.69, 9.17) is 0 Å². The highest BCUT2D eigenvalue weighted by atomic mass is 127. The largest absolute Gasteiger partial charge is 0.367 e. The highest BCUT2D eigenvalue weighted by Gasteiger charge is 2.25. The van der Waals surface area contributed by atoms with Crippen LogP contribution in [0.5, 0.6) is 0 Å². The van der Waals surface area contributed by atoms with Gasteiger partial charge in [0.05, 0.1) is 5.69 Å². The average molecular weight is 509 g/mol. The summed E-state index contributed by atoms with van der Waals surface area (Å²) in [5, 5.41) is 9.34. The Kier molecular flexibility index (Phi) is 10.5. The Hall–Kier alpha value is -1.65. The van der Waals surface area contributed by atoms with Crippen molar-refractivity contribution < 1.29 is 13.6 Å². The molecule has 0 aromatic heterocycles. The fourth-order valence-electron chi connectivity index (χ4n) is 2.97. The SMILES string of the molecule is CCC(C)NC(=O)CCNC(=NC)NC1CCN(c2ccc(F)cc2F)C1.I. The molecule has 2 rings (SSSR count). The molecule has 3 N–H and O–H groups in total. The van der Waals surface area contributed by atoms with Crippen molar-refractivity contribution in [3.05, 3.63) is 29.8 Å². The first-order valence-electron chi connectivity index (χ1n) is 9.39. The van der Waals surface area contributed by atoms with Crippen LogP contribution in [0.15, 0.2) is 23.2 Å². The lowest BCUT2D eigenvalue weighted by Gasteiger charge is -2.21. The molecule has 2 unspecified atom stereocenters. The van der Waals surface area contributed by atoms with E-state index in [1.165, 1.54) is 12.1 Å². The van der Waals surface area contributed by atoms with Gasteiger partial charge in [-0.1, -0.05) is 6.92 Å². The molecule has 9 heteroatoms. The number of amides is 1. The molecular formula is C19H30F2IN5O. The lowest BCUT2D eigenvalue weighted by Crippen LogP contribution is -2.45. The third-order valence-corrected chi connectivity index (χ3v) is 4.67. The fraction of sp³-hybridized carbons (Fsp3) is 0.579. The van der Waals surface area contributed by atoms with Crippen LogP contribution >= 0.6 is 24.0 Å². The number of rotatable bonds is 7. The quantitative estimate of drug-likeness (QED) is 0.301. The van der Waals surface area contributed by atoms with Crippen molar-refractivity contribution in [1.29, 1.82) is 0 Å². The van der Waals surface area contributed by atoms with Crippen LogP contribution in [-0.2, 0) is 4.79 Å². The summed E-state index contributed by atoms with van der Waals surface area (Å²) in [6, 6.07) is 3.90. The van der Waals surface area contributed by atoms with Crippen LogP contribution in [0.2, 0.25) is 0 Å². The second-order valence-electron chi connectivity index (χ2n) is 6.80. The molecule has 0 spiro atoms. The Bertz CT molecular complexity index is 674. The summed E-state index contributed by atoms with van der Waals surface area (Å²) < 4.78 is 27.0. The molecule has 1 aliphatic rings. The fourth-order valence-corrected chi connectivity index (χ4v) is 2.97. The van der Waals surface area contributed by atoms with Gasteiger partial charge in [-0.3, -0.25) is 9.79 Å². The molecule has 1 saturated heterocycles. The van der Waals surface area contributed by atoms with Gasteiger partial charge >= 0.3 is 0 Å². The van der Waals surface area contributed by atoms with Crippen LogP contribution in [0.25, 0.3) is 0 Å². The highest BCUT2D eigenvalue weighted by Crippen LogP contribution is 2.24. The maximum absolute atomic E-state index is 13.9. The first kappa shape index (κ1) is 24.4. The minimum absolute atomic E-state index is 0. The summed E-state index contributed by atoms with van der Waals surface area (Å²) in [5.41, 5.74) is 0.408. The van der Waals surface area contributed by atoms with Gasteiger partial charge in [-0.15, -0.1) is 24.0 Å². The van der Waals surface area contributed by atoms with E-state index in [9.17, 15) is 13.6 Å². The van der Waals surface area contributed by atoms with Crippen molar-refractivity contribution in [2.75, 3.05) is 31.6 Å². The molecule has 158 valence electrons. The van der Waals surface area contributed by atoms with Crippen molar-refractivity contribution in [2.45, 2.75) is 45.2 Å². The number of carbonyl (C=O) groups excluding carboxylic acids is 1. The van der Waals surface area contributed by atoms with E-state index in [2.05, 4.69) is 20.9 Å². The number of benzene rings is 1. The smallest absolute Gasteiger partial charge is 0.221 e. The molecule has 1 fully saturated rings. The topological polar surface area (TPSA) is 68.8 Å². The number of carbonyl (C=O) groups is 1. The van der Waals surface area contributed by atoms with Crippen molar-refractivity contribution >= 4 is 41.5 Å². The maximum atomic E-state index is 13.9.